The number of nitrogens with one attached hydrogen (secondary N) is 1. The normalized spacial score (nSPS) is 23.7. The minimum Gasteiger partial charge on any atom is -0.390 e. The van der Waals surface area contributed by atoms with Gasteiger partial charge >= 0.3 is 0 Å². The molecule has 0 aliphatic carbocycles. The summed E-state index contributed by atoms with van der Waals surface area (Å²) in [5.74, 6) is 0. The molecule has 0 fully saturated rings. The predicted molar refractivity (Wildman–Crippen MR) is 99.8 cm³/mol. The lowest BCUT2D eigenvalue weighted by molar-refractivity contribution is -0.900. The van der Waals surface area contributed by atoms with Crippen LogP contribution in [0, 0.1) is 0 Å². The van der Waals surface area contributed by atoms with E-state index in [9.17, 15) is 5.11 Å². The van der Waals surface area contributed by atoms with Gasteiger partial charge in [0.15, 0.2) is 6.17 Å². The molecule has 0 spiro atoms. The summed E-state index contributed by atoms with van der Waals surface area (Å²) in [6.07, 6.45) is 22.5. The van der Waals surface area contributed by atoms with Gasteiger partial charge in [-0.3, -0.25) is 4.48 Å². The molecule has 23 heavy (non-hydrogen) atoms. The van der Waals surface area contributed by atoms with Gasteiger partial charge in [0.25, 0.3) is 0 Å². The molecule has 2 atom stereocenters. The maximum absolute atomic E-state index is 9.32. The largest absolute Gasteiger partial charge is 0.390 e. The number of hydrogen-bond acceptors (Lipinski definition) is 2. The lowest BCUT2D eigenvalue weighted by atomic mass is 10.1. The molecule has 0 radical (unpaired) electrons. The van der Waals surface area contributed by atoms with Crippen molar-refractivity contribution < 1.29 is 9.59 Å². The van der Waals surface area contributed by atoms with Crippen molar-refractivity contribution in [2.24, 2.45) is 0 Å². The van der Waals surface area contributed by atoms with Gasteiger partial charge in [-0.05, 0) is 39.0 Å². The first-order valence-corrected chi connectivity index (χ1v) is 9.85. The molecule has 1 aliphatic rings. The van der Waals surface area contributed by atoms with Crippen LogP contribution in [-0.2, 0) is 0 Å². The van der Waals surface area contributed by atoms with Crippen LogP contribution in [0.5, 0.6) is 0 Å². The summed E-state index contributed by atoms with van der Waals surface area (Å²) in [6.45, 7) is 6.62. The fourth-order valence-corrected chi connectivity index (χ4v) is 3.50. The number of likely N-dealkylation sites (N-methyl/N-ethyl adjacent to an activating group) is 1. The van der Waals surface area contributed by atoms with E-state index in [4.69, 9.17) is 0 Å². The van der Waals surface area contributed by atoms with Crippen molar-refractivity contribution in [3.63, 3.8) is 0 Å². The first-order valence-electron chi connectivity index (χ1n) is 9.85. The van der Waals surface area contributed by atoms with E-state index in [-0.39, 0.29) is 6.61 Å². The second kappa shape index (κ2) is 12.6. The Hall–Kier alpha value is -0.800. The average Bonchev–Trinajstić information content (AvgIpc) is 2.96. The minimum atomic E-state index is 0.265. The van der Waals surface area contributed by atoms with E-state index in [1.807, 2.05) is 0 Å². The van der Waals surface area contributed by atoms with Crippen LogP contribution in [0.2, 0.25) is 0 Å². The van der Waals surface area contributed by atoms with Crippen molar-refractivity contribution >= 4 is 0 Å². The molecule has 0 bridgehead atoms. The zero-order valence-corrected chi connectivity index (χ0v) is 15.5. The first kappa shape index (κ1) is 20.2. The molecular weight excluding hydrogens is 284 g/mol. The topological polar surface area (TPSA) is 32.3 Å². The standard InChI is InChI=1S/C20H39N2O/c1-3-5-6-7-8-9-10-11-12-13-14-15-20-21-16-17-22(20,4-2)18-19-23/h8-9,16-17,20-21,23H,3-7,10-15,18-19H2,1-2H3/q+1/b9-8+. The van der Waals surface area contributed by atoms with Gasteiger partial charge in [-0.1, -0.05) is 44.8 Å². The smallest absolute Gasteiger partial charge is 0.166 e. The zero-order valence-electron chi connectivity index (χ0n) is 15.5. The maximum Gasteiger partial charge on any atom is 0.166 e. The highest BCUT2D eigenvalue weighted by Gasteiger charge is 2.35. The van der Waals surface area contributed by atoms with Crippen LogP contribution >= 0.6 is 0 Å². The van der Waals surface area contributed by atoms with Gasteiger partial charge in [-0.15, -0.1) is 0 Å². The van der Waals surface area contributed by atoms with Crippen molar-refractivity contribution in [2.45, 2.75) is 84.2 Å². The Labute approximate surface area is 144 Å². The molecule has 0 amide bonds. The van der Waals surface area contributed by atoms with Gasteiger partial charge in [0.2, 0.25) is 0 Å². The molecule has 1 aliphatic heterocycles. The van der Waals surface area contributed by atoms with Gasteiger partial charge in [0, 0.05) is 6.42 Å². The van der Waals surface area contributed by atoms with Gasteiger partial charge < -0.3 is 10.4 Å². The number of allylic oxidation sites excluding steroid dienone is 2. The molecule has 0 saturated carbocycles. The second-order valence-corrected chi connectivity index (χ2v) is 6.82. The van der Waals surface area contributed by atoms with Gasteiger partial charge in [0.1, 0.15) is 12.7 Å². The Morgan fingerprint density at radius 1 is 1.00 bits per heavy atom. The first-order chi connectivity index (χ1) is 11.3. The Morgan fingerprint density at radius 2 is 1.70 bits per heavy atom. The highest BCUT2D eigenvalue weighted by Crippen LogP contribution is 2.22. The molecule has 0 saturated heterocycles. The summed E-state index contributed by atoms with van der Waals surface area (Å²) in [6, 6.07) is 0. The van der Waals surface area contributed by atoms with E-state index in [0.717, 1.165) is 17.6 Å². The molecule has 134 valence electrons. The summed E-state index contributed by atoms with van der Waals surface area (Å²) in [5, 5.41) is 12.8. The number of aliphatic hydroxyl groups is 1. The van der Waals surface area contributed by atoms with Crippen LogP contribution < -0.4 is 5.32 Å². The SMILES string of the molecule is CCCCC/C=C/CCCCCCC1NC=C[N+]1(CC)CCO. The predicted octanol–water partition coefficient (Wildman–Crippen LogP) is 4.69. The van der Waals surface area contributed by atoms with Crippen molar-refractivity contribution in [3.05, 3.63) is 24.6 Å². The van der Waals surface area contributed by atoms with E-state index >= 15 is 0 Å². The average molecular weight is 324 g/mol. The van der Waals surface area contributed by atoms with Crippen molar-refractivity contribution in [3.8, 4) is 0 Å². The Balaban J connectivity index is 2.04. The molecule has 3 heteroatoms. The highest BCUT2D eigenvalue weighted by molar-refractivity contribution is 4.84. The molecule has 1 rings (SSSR count). The highest BCUT2D eigenvalue weighted by atomic mass is 16.3. The Kier molecular flexibility index (Phi) is 11.1. The molecule has 2 unspecified atom stereocenters. The third kappa shape index (κ3) is 7.54. The van der Waals surface area contributed by atoms with Gasteiger partial charge in [-0.2, -0.15) is 0 Å². The van der Waals surface area contributed by atoms with Crippen LogP contribution in [-0.4, -0.2) is 35.5 Å². The molecule has 0 aromatic rings. The second-order valence-electron chi connectivity index (χ2n) is 6.82. The molecular formula is C20H39N2O+. The zero-order chi connectivity index (χ0) is 16.8. The van der Waals surface area contributed by atoms with Crippen LogP contribution in [0.1, 0.15) is 78.1 Å². The third-order valence-electron chi connectivity index (χ3n) is 5.13. The quantitative estimate of drug-likeness (QED) is 0.276. The van der Waals surface area contributed by atoms with E-state index in [2.05, 4.69) is 43.7 Å². The number of quaternary nitrogens is 1. The Morgan fingerprint density at radius 3 is 2.35 bits per heavy atom. The minimum absolute atomic E-state index is 0.265. The number of rotatable bonds is 14. The van der Waals surface area contributed by atoms with Crippen LogP contribution in [0.25, 0.3) is 0 Å². The number of hydrogen-bond donors (Lipinski definition) is 2. The third-order valence-corrected chi connectivity index (χ3v) is 5.13. The fourth-order valence-electron chi connectivity index (χ4n) is 3.50. The molecule has 0 aromatic carbocycles. The lowest BCUT2D eigenvalue weighted by Gasteiger charge is -2.36. The fraction of sp³-hybridized carbons (Fsp3) is 0.800. The summed E-state index contributed by atoms with van der Waals surface area (Å²) < 4.78 is 0.900. The molecule has 0 aromatic heterocycles. The summed E-state index contributed by atoms with van der Waals surface area (Å²) >= 11 is 0. The Bertz CT molecular complexity index is 341. The monoisotopic (exact) mass is 323 g/mol. The van der Waals surface area contributed by atoms with E-state index in [1.54, 1.807) is 0 Å². The van der Waals surface area contributed by atoms with E-state index < -0.39 is 0 Å². The van der Waals surface area contributed by atoms with Gasteiger partial charge in [0.05, 0.1) is 19.4 Å². The number of unbranched alkanes of at least 4 members (excludes halogenated alkanes) is 7. The number of nitrogens with zero attached hydrogens (tertiary/aromatic N) is 1. The number of aliphatic hydroxyl groups excluding tert-OH is 1. The van der Waals surface area contributed by atoms with Crippen molar-refractivity contribution in [1.29, 1.82) is 0 Å². The van der Waals surface area contributed by atoms with E-state index in [0.29, 0.717) is 6.17 Å². The van der Waals surface area contributed by atoms with Crippen LogP contribution in [0.15, 0.2) is 24.6 Å². The molecule has 2 N–H and O–H groups in total. The van der Waals surface area contributed by atoms with Crippen molar-refractivity contribution in [2.75, 3.05) is 19.7 Å². The van der Waals surface area contributed by atoms with Crippen LogP contribution in [0.4, 0.5) is 0 Å². The maximum atomic E-state index is 9.32. The van der Waals surface area contributed by atoms with Gasteiger partial charge in [-0.25, -0.2) is 0 Å². The van der Waals surface area contributed by atoms with Crippen molar-refractivity contribution in [1.82, 2.24) is 5.32 Å². The van der Waals surface area contributed by atoms with Crippen LogP contribution in [0.3, 0.4) is 0 Å². The summed E-state index contributed by atoms with van der Waals surface area (Å²) in [5.41, 5.74) is 0. The summed E-state index contributed by atoms with van der Waals surface area (Å²) in [7, 11) is 0. The summed E-state index contributed by atoms with van der Waals surface area (Å²) in [4.78, 5) is 0. The lowest BCUT2D eigenvalue weighted by Crippen LogP contribution is -2.54. The molecule has 3 nitrogen and oxygen atoms in total. The molecule has 1 heterocycles. The van der Waals surface area contributed by atoms with E-state index in [1.165, 1.54) is 64.2 Å².